The first-order valence-electron chi connectivity index (χ1n) is 5.85. The maximum absolute atomic E-state index is 13.3. The van der Waals surface area contributed by atoms with E-state index in [9.17, 15) is 9.18 Å². The lowest BCUT2D eigenvalue weighted by Crippen LogP contribution is -2.21. The van der Waals surface area contributed by atoms with Crippen LogP contribution in [0, 0.1) is 0 Å². The Morgan fingerprint density at radius 1 is 1.47 bits per heavy atom. The smallest absolute Gasteiger partial charge is 0.338 e. The highest BCUT2D eigenvalue weighted by molar-refractivity contribution is 6.30. The largest absolute Gasteiger partial charge is 0.459 e. The second-order valence-electron chi connectivity index (χ2n) is 4.22. The monoisotopic (exact) mass is 288 g/mol. The van der Waals surface area contributed by atoms with Gasteiger partial charge in [-0.2, -0.15) is 0 Å². The van der Waals surface area contributed by atoms with E-state index in [1.165, 1.54) is 7.11 Å². The number of methoxy groups -OCH3 is 1. The molecule has 3 atom stereocenters. The molecule has 1 aromatic carbocycles. The van der Waals surface area contributed by atoms with E-state index in [0.29, 0.717) is 10.6 Å². The molecule has 0 N–H and O–H groups in total. The molecule has 1 aliphatic heterocycles. The second kappa shape index (κ2) is 6.32. The van der Waals surface area contributed by atoms with E-state index in [1.807, 2.05) is 0 Å². The summed E-state index contributed by atoms with van der Waals surface area (Å²) in [5.41, 5.74) is 0.391. The summed E-state index contributed by atoms with van der Waals surface area (Å²) in [5.74, 6) is -0.489. The van der Waals surface area contributed by atoms with Crippen LogP contribution in [0.3, 0.4) is 0 Å². The van der Waals surface area contributed by atoms with Crippen molar-refractivity contribution in [2.45, 2.75) is 25.0 Å². The summed E-state index contributed by atoms with van der Waals surface area (Å²) in [5, 5.41) is 0.541. The number of halogens is 2. The van der Waals surface area contributed by atoms with E-state index < -0.39 is 24.5 Å². The summed E-state index contributed by atoms with van der Waals surface area (Å²) in [6, 6.07) is 6.33. The molecule has 0 spiro atoms. The molecule has 1 unspecified atom stereocenters. The predicted octanol–water partition coefficient (Wildman–Crippen LogP) is 2.60. The molecule has 0 saturated carbocycles. The van der Waals surface area contributed by atoms with Crippen molar-refractivity contribution in [3.63, 3.8) is 0 Å². The molecule has 1 heterocycles. The molecule has 19 heavy (non-hydrogen) atoms. The van der Waals surface area contributed by atoms with E-state index in [1.54, 1.807) is 24.3 Å². The Morgan fingerprint density at radius 2 is 2.16 bits per heavy atom. The van der Waals surface area contributed by atoms with Crippen molar-refractivity contribution in [2.75, 3.05) is 13.7 Å². The van der Waals surface area contributed by atoms with Crippen LogP contribution < -0.4 is 0 Å². The van der Waals surface area contributed by atoms with E-state index in [0.717, 1.165) is 0 Å². The third kappa shape index (κ3) is 3.65. The first kappa shape index (κ1) is 14.2. The highest BCUT2D eigenvalue weighted by Gasteiger charge is 2.36. The van der Waals surface area contributed by atoms with Gasteiger partial charge in [-0.05, 0) is 24.3 Å². The molecule has 0 aromatic heterocycles. The van der Waals surface area contributed by atoms with Crippen LogP contribution in [0.15, 0.2) is 24.3 Å². The fourth-order valence-corrected chi connectivity index (χ4v) is 1.97. The molecule has 1 saturated heterocycles. The predicted molar refractivity (Wildman–Crippen MR) is 66.9 cm³/mol. The zero-order valence-corrected chi connectivity index (χ0v) is 11.1. The zero-order chi connectivity index (χ0) is 13.8. The summed E-state index contributed by atoms with van der Waals surface area (Å²) in [6.07, 6.45) is -2.38. The number of ether oxygens (including phenoxy) is 3. The second-order valence-corrected chi connectivity index (χ2v) is 4.66. The Hall–Kier alpha value is -1.17. The topological polar surface area (TPSA) is 44.8 Å². The fraction of sp³-hybridized carbons (Fsp3) is 0.462. The Labute approximate surface area is 115 Å². The number of hydrogen-bond acceptors (Lipinski definition) is 4. The first-order valence-corrected chi connectivity index (χ1v) is 6.23. The maximum Gasteiger partial charge on any atom is 0.338 e. The van der Waals surface area contributed by atoms with Gasteiger partial charge < -0.3 is 14.2 Å². The number of esters is 1. The van der Waals surface area contributed by atoms with Crippen molar-refractivity contribution in [3.8, 4) is 0 Å². The standard InChI is InChI=1S/C13H14ClFO4/c1-17-13-11(15)6-10(19-13)7-18-12(16)8-2-4-9(14)5-3-8/h2-5,10-11,13H,6-7H2,1H3/t10-,11-,13?/m0/s1. The number of rotatable bonds is 4. The van der Waals surface area contributed by atoms with E-state index >= 15 is 0 Å². The molecule has 1 aliphatic rings. The summed E-state index contributed by atoms with van der Waals surface area (Å²) in [6.45, 7) is 0.00173. The van der Waals surface area contributed by atoms with Gasteiger partial charge in [-0.15, -0.1) is 0 Å². The number of hydrogen-bond donors (Lipinski definition) is 0. The van der Waals surface area contributed by atoms with Crippen LogP contribution >= 0.6 is 11.6 Å². The van der Waals surface area contributed by atoms with Crippen LogP contribution in [0.4, 0.5) is 4.39 Å². The molecule has 2 rings (SSSR count). The van der Waals surface area contributed by atoms with Crippen LogP contribution in [0.5, 0.6) is 0 Å². The van der Waals surface area contributed by atoms with Crippen molar-refractivity contribution < 1.29 is 23.4 Å². The summed E-state index contributed by atoms with van der Waals surface area (Å²) in [7, 11) is 1.37. The normalized spacial score (nSPS) is 26.4. The summed E-state index contributed by atoms with van der Waals surface area (Å²) >= 11 is 5.72. The van der Waals surface area contributed by atoms with Gasteiger partial charge in [-0.3, -0.25) is 0 Å². The minimum Gasteiger partial charge on any atom is -0.459 e. The molecule has 6 heteroatoms. The highest BCUT2D eigenvalue weighted by atomic mass is 35.5. The third-order valence-electron chi connectivity index (χ3n) is 2.82. The Balaban J connectivity index is 1.83. The molecule has 0 aliphatic carbocycles. The molecule has 0 radical (unpaired) electrons. The molecular weight excluding hydrogens is 275 g/mol. The SMILES string of the molecule is COC1O[C@H](COC(=O)c2ccc(Cl)cc2)C[C@@H]1F. The lowest BCUT2D eigenvalue weighted by Gasteiger charge is -2.12. The molecule has 1 aromatic rings. The molecule has 4 nitrogen and oxygen atoms in total. The Morgan fingerprint density at radius 3 is 2.74 bits per heavy atom. The van der Waals surface area contributed by atoms with Crippen LogP contribution in [-0.4, -0.2) is 38.3 Å². The van der Waals surface area contributed by atoms with E-state index in [4.69, 9.17) is 25.8 Å². The van der Waals surface area contributed by atoms with Gasteiger partial charge in [-0.1, -0.05) is 11.6 Å². The summed E-state index contributed by atoms with van der Waals surface area (Å²) in [4.78, 5) is 11.7. The summed E-state index contributed by atoms with van der Waals surface area (Å²) < 4.78 is 28.4. The van der Waals surface area contributed by atoms with E-state index in [2.05, 4.69) is 0 Å². The molecule has 104 valence electrons. The maximum atomic E-state index is 13.3. The van der Waals surface area contributed by atoms with Gasteiger partial charge in [0.25, 0.3) is 0 Å². The number of carbonyl (C=O) groups excluding carboxylic acids is 1. The number of alkyl halides is 1. The van der Waals surface area contributed by atoms with Crippen molar-refractivity contribution in [3.05, 3.63) is 34.9 Å². The van der Waals surface area contributed by atoms with Gasteiger partial charge in [0, 0.05) is 18.6 Å². The van der Waals surface area contributed by atoms with Gasteiger partial charge in [0.1, 0.15) is 6.61 Å². The first-order chi connectivity index (χ1) is 9.10. The lowest BCUT2D eigenvalue weighted by molar-refractivity contribution is -0.141. The number of benzene rings is 1. The zero-order valence-electron chi connectivity index (χ0n) is 10.3. The fourth-order valence-electron chi connectivity index (χ4n) is 1.84. The van der Waals surface area contributed by atoms with Gasteiger partial charge in [0.15, 0.2) is 12.5 Å². The molecule has 0 amide bonds. The van der Waals surface area contributed by atoms with Crippen LogP contribution in [-0.2, 0) is 14.2 Å². The average molecular weight is 289 g/mol. The lowest BCUT2D eigenvalue weighted by atomic mass is 10.2. The van der Waals surface area contributed by atoms with Gasteiger partial charge in [-0.25, -0.2) is 9.18 Å². The van der Waals surface area contributed by atoms with Crippen molar-refractivity contribution in [1.29, 1.82) is 0 Å². The van der Waals surface area contributed by atoms with Gasteiger partial charge in [0.2, 0.25) is 0 Å². The van der Waals surface area contributed by atoms with Crippen LogP contribution in [0.1, 0.15) is 16.8 Å². The Bertz CT molecular complexity index is 437. The van der Waals surface area contributed by atoms with Gasteiger partial charge in [0.05, 0.1) is 11.7 Å². The van der Waals surface area contributed by atoms with Crippen LogP contribution in [0.25, 0.3) is 0 Å². The minimum absolute atomic E-state index is 0.00173. The van der Waals surface area contributed by atoms with Crippen molar-refractivity contribution >= 4 is 17.6 Å². The van der Waals surface area contributed by atoms with Crippen molar-refractivity contribution in [1.82, 2.24) is 0 Å². The quantitative estimate of drug-likeness (QED) is 0.799. The van der Waals surface area contributed by atoms with Crippen molar-refractivity contribution in [2.24, 2.45) is 0 Å². The van der Waals surface area contributed by atoms with E-state index in [-0.39, 0.29) is 13.0 Å². The molecule has 1 fully saturated rings. The average Bonchev–Trinajstić information content (AvgIpc) is 2.77. The van der Waals surface area contributed by atoms with Crippen LogP contribution in [0.2, 0.25) is 5.02 Å². The highest BCUT2D eigenvalue weighted by Crippen LogP contribution is 2.24. The third-order valence-corrected chi connectivity index (χ3v) is 3.07. The minimum atomic E-state index is -1.19. The van der Waals surface area contributed by atoms with Gasteiger partial charge >= 0.3 is 5.97 Å². The molecular formula is C13H14ClFO4. The molecule has 0 bridgehead atoms. The number of carbonyl (C=O) groups is 1. The Kier molecular flexibility index (Phi) is 4.74.